The fourth-order valence-electron chi connectivity index (χ4n) is 2.45. The largest absolute Gasteiger partial charge is 0.497 e. The molecule has 0 spiro atoms. The molecule has 0 saturated carbocycles. The van der Waals surface area contributed by atoms with E-state index < -0.39 is 0 Å². The van der Waals surface area contributed by atoms with E-state index in [1.165, 1.54) is 0 Å². The van der Waals surface area contributed by atoms with Gasteiger partial charge in [-0.2, -0.15) is 10.1 Å². The van der Waals surface area contributed by atoms with Crippen LogP contribution in [-0.4, -0.2) is 27.3 Å². The van der Waals surface area contributed by atoms with Crippen molar-refractivity contribution in [3.8, 4) is 28.8 Å². The van der Waals surface area contributed by atoms with Crippen LogP contribution >= 0.6 is 11.6 Å². The second-order valence-electron chi connectivity index (χ2n) is 5.24. The highest BCUT2D eigenvalue weighted by Crippen LogP contribution is 2.31. The van der Waals surface area contributed by atoms with Crippen LogP contribution in [-0.2, 0) is 0 Å². The first-order chi connectivity index (χ1) is 12.2. The third-order valence-corrected chi connectivity index (χ3v) is 4.02. The van der Waals surface area contributed by atoms with E-state index in [0.717, 1.165) is 16.7 Å². The van der Waals surface area contributed by atoms with E-state index in [1.807, 2.05) is 24.3 Å². The molecule has 25 heavy (non-hydrogen) atoms. The number of H-pyrrole nitrogens is 1. The number of rotatable bonds is 4. The van der Waals surface area contributed by atoms with Gasteiger partial charge in [0.05, 0.1) is 17.5 Å². The Morgan fingerprint density at radius 1 is 1.00 bits per heavy atom. The molecule has 0 unspecified atom stereocenters. The lowest BCUT2D eigenvalue weighted by atomic mass is 10.1. The summed E-state index contributed by atoms with van der Waals surface area (Å²) in [6.07, 6.45) is 1.67. The third-order valence-electron chi connectivity index (χ3n) is 3.69. The highest BCUT2D eigenvalue weighted by Gasteiger charge is 2.13. The second kappa shape index (κ2) is 6.41. The predicted molar refractivity (Wildman–Crippen MR) is 95.2 cm³/mol. The lowest BCUT2D eigenvalue weighted by Crippen LogP contribution is -1.92. The average molecular weight is 353 g/mol. The topological polar surface area (TPSA) is 72.9 Å². The number of halogens is 1. The van der Waals surface area contributed by atoms with Crippen molar-refractivity contribution in [1.82, 2.24) is 20.2 Å². The van der Waals surface area contributed by atoms with Crippen molar-refractivity contribution in [3.05, 3.63) is 59.8 Å². The van der Waals surface area contributed by atoms with Gasteiger partial charge in [-0.25, -0.2) is 4.98 Å². The third kappa shape index (κ3) is 2.99. The van der Waals surface area contributed by atoms with Gasteiger partial charge in [0.2, 0.25) is 0 Å². The van der Waals surface area contributed by atoms with Gasteiger partial charge < -0.3 is 9.47 Å². The van der Waals surface area contributed by atoms with E-state index in [-0.39, 0.29) is 6.01 Å². The summed E-state index contributed by atoms with van der Waals surface area (Å²) in [7, 11) is 1.61. The number of benzene rings is 2. The van der Waals surface area contributed by atoms with Crippen molar-refractivity contribution in [2.24, 2.45) is 0 Å². The Kier molecular flexibility index (Phi) is 3.95. The van der Waals surface area contributed by atoms with E-state index in [0.29, 0.717) is 22.1 Å². The number of aromatic amines is 1. The number of hydrogen-bond donors (Lipinski definition) is 1. The maximum atomic E-state index is 6.25. The minimum Gasteiger partial charge on any atom is -0.497 e. The summed E-state index contributed by atoms with van der Waals surface area (Å²) in [4.78, 5) is 8.63. The maximum Gasteiger partial charge on any atom is 0.323 e. The molecule has 0 amide bonds. The van der Waals surface area contributed by atoms with Crippen LogP contribution in [0.3, 0.4) is 0 Å². The van der Waals surface area contributed by atoms with Crippen molar-refractivity contribution >= 4 is 22.6 Å². The Balaban J connectivity index is 1.66. The van der Waals surface area contributed by atoms with Gasteiger partial charge >= 0.3 is 6.01 Å². The van der Waals surface area contributed by atoms with E-state index in [2.05, 4.69) is 20.2 Å². The van der Waals surface area contributed by atoms with Crippen LogP contribution in [0.15, 0.2) is 54.7 Å². The van der Waals surface area contributed by atoms with Crippen molar-refractivity contribution < 1.29 is 9.47 Å². The van der Waals surface area contributed by atoms with Gasteiger partial charge in [0.25, 0.3) is 0 Å². The summed E-state index contributed by atoms with van der Waals surface area (Å²) >= 11 is 6.25. The summed E-state index contributed by atoms with van der Waals surface area (Å²) in [5, 5.41) is 8.60. The monoisotopic (exact) mass is 352 g/mol. The molecular weight excluding hydrogens is 340 g/mol. The first-order valence-electron chi connectivity index (χ1n) is 7.52. The summed E-state index contributed by atoms with van der Waals surface area (Å²) in [5.74, 6) is 1.37. The van der Waals surface area contributed by atoms with Gasteiger partial charge in [0.15, 0.2) is 5.65 Å². The van der Waals surface area contributed by atoms with E-state index in [9.17, 15) is 0 Å². The summed E-state index contributed by atoms with van der Waals surface area (Å²) in [5.41, 5.74) is 2.10. The van der Waals surface area contributed by atoms with Crippen molar-refractivity contribution in [2.45, 2.75) is 0 Å². The summed E-state index contributed by atoms with van der Waals surface area (Å²) in [6, 6.07) is 14.9. The molecule has 4 aromatic rings. The second-order valence-corrected chi connectivity index (χ2v) is 5.65. The minimum absolute atomic E-state index is 0.229. The van der Waals surface area contributed by atoms with Gasteiger partial charge in [-0.05, 0) is 30.3 Å². The Bertz CT molecular complexity index is 1030. The first-order valence-corrected chi connectivity index (χ1v) is 7.90. The van der Waals surface area contributed by atoms with Gasteiger partial charge in [-0.3, -0.25) is 5.10 Å². The van der Waals surface area contributed by atoms with E-state index in [1.54, 1.807) is 37.6 Å². The number of hydrogen-bond acceptors (Lipinski definition) is 5. The number of aromatic nitrogens is 4. The Morgan fingerprint density at radius 3 is 2.52 bits per heavy atom. The fraction of sp³-hybridized carbons (Fsp3) is 0.0556. The molecule has 2 aromatic heterocycles. The molecule has 0 aliphatic rings. The maximum absolute atomic E-state index is 6.25. The van der Waals surface area contributed by atoms with Gasteiger partial charge in [-0.1, -0.05) is 29.8 Å². The van der Waals surface area contributed by atoms with Crippen LogP contribution in [0.2, 0.25) is 5.02 Å². The molecular formula is C18H13ClN4O2. The van der Waals surface area contributed by atoms with Crippen LogP contribution in [0.25, 0.3) is 22.3 Å². The SMILES string of the molecule is COc1ccc(Oc2ncc3c(-c4ccccc4Cl)n[nH]c3n2)cc1. The molecule has 0 saturated heterocycles. The van der Waals surface area contributed by atoms with Gasteiger partial charge in [-0.15, -0.1) is 0 Å². The van der Waals surface area contributed by atoms with Crippen molar-refractivity contribution in [1.29, 1.82) is 0 Å². The molecule has 0 radical (unpaired) electrons. The molecule has 2 heterocycles. The molecule has 0 aliphatic heterocycles. The molecule has 0 fully saturated rings. The van der Waals surface area contributed by atoms with Crippen LogP contribution in [0.4, 0.5) is 0 Å². The molecule has 0 bridgehead atoms. The van der Waals surface area contributed by atoms with Crippen LogP contribution in [0.1, 0.15) is 0 Å². The number of nitrogens with zero attached hydrogens (tertiary/aromatic N) is 3. The summed E-state index contributed by atoms with van der Waals surface area (Å²) in [6.45, 7) is 0. The van der Waals surface area contributed by atoms with Crippen LogP contribution < -0.4 is 9.47 Å². The fourth-order valence-corrected chi connectivity index (χ4v) is 2.68. The lowest BCUT2D eigenvalue weighted by Gasteiger charge is -2.05. The van der Waals surface area contributed by atoms with E-state index >= 15 is 0 Å². The molecule has 2 aromatic carbocycles. The van der Waals surface area contributed by atoms with Gasteiger partial charge in [0, 0.05) is 11.8 Å². The highest BCUT2D eigenvalue weighted by atomic mass is 35.5. The average Bonchev–Trinajstić information content (AvgIpc) is 3.06. The van der Waals surface area contributed by atoms with Crippen molar-refractivity contribution in [2.75, 3.05) is 7.11 Å². The molecule has 0 aliphatic carbocycles. The zero-order valence-electron chi connectivity index (χ0n) is 13.2. The van der Waals surface area contributed by atoms with Crippen molar-refractivity contribution in [3.63, 3.8) is 0 Å². The minimum atomic E-state index is 0.229. The molecule has 0 atom stereocenters. The summed E-state index contributed by atoms with van der Waals surface area (Å²) < 4.78 is 10.8. The number of ether oxygens (including phenoxy) is 2. The highest BCUT2D eigenvalue weighted by molar-refractivity contribution is 6.33. The van der Waals surface area contributed by atoms with Crippen LogP contribution in [0, 0.1) is 0 Å². The normalized spacial score (nSPS) is 10.8. The lowest BCUT2D eigenvalue weighted by molar-refractivity contribution is 0.411. The number of methoxy groups -OCH3 is 1. The Labute approximate surface area is 148 Å². The molecule has 124 valence electrons. The smallest absolute Gasteiger partial charge is 0.323 e. The van der Waals surface area contributed by atoms with Gasteiger partial charge in [0.1, 0.15) is 17.2 Å². The molecule has 1 N–H and O–H groups in total. The number of nitrogens with one attached hydrogen (secondary N) is 1. The number of fused-ring (bicyclic) bond motifs is 1. The van der Waals surface area contributed by atoms with E-state index in [4.69, 9.17) is 21.1 Å². The first kappa shape index (κ1) is 15.4. The molecule has 4 rings (SSSR count). The molecule has 6 nitrogen and oxygen atoms in total. The standard InChI is InChI=1S/C18H13ClN4O2/c1-24-11-6-8-12(9-7-11)25-18-20-10-14-16(22-23-17(14)21-18)13-4-2-3-5-15(13)19/h2-10H,1H3,(H,20,21,22,23). The zero-order valence-corrected chi connectivity index (χ0v) is 14.0. The quantitative estimate of drug-likeness (QED) is 0.586. The zero-order chi connectivity index (χ0) is 17.2. The Morgan fingerprint density at radius 2 is 1.76 bits per heavy atom. The molecule has 7 heteroatoms. The predicted octanol–water partition coefficient (Wildman–Crippen LogP) is 4.47. The Hall–Kier alpha value is -3.12. The van der Waals surface area contributed by atoms with Crippen LogP contribution in [0.5, 0.6) is 17.5 Å².